The molecule has 0 aliphatic carbocycles. The van der Waals surface area contributed by atoms with Crippen LogP contribution in [-0.4, -0.2) is 18.3 Å². The average Bonchev–Trinajstić information content (AvgIpc) is 3.12. The first-order chi connectivity index (χ1) is 13.3. The zero-order valence-corrected chi connectivity index (χ0v) is 17.3. The highest BCUT2D eigenvalue weighted by Gasteiger charge is 2.60. The van der Waals surface area contributed by atoms with Gasteiger partial charge in [0.15, 0.2) is 0 Å². The second-order valence-electron chi connectivity index (χ2n) is 9.19. The summed E-state index contributed by atoms with van der Waals surface area (Å²) in [4.78, 5) is 11.4. The van der Waals surface area contributed by atoms with Gasteiger partial charge >= 0.3 is 5.63 Å². The van der Waals surface area contributed by atoms with Gasteiger partial charge in [-0.05, 0) is 75.1 Å². The Labute approximate surface area is 166 Å². The standard InChI is InChI=1S/C24H30O4/c1-16(5-9-20-23(2,3)21-11-13-24(20,4)28-21)12-14-26-18-8-6-17-7-10-22(25)27-19(17)15-18/h6-8,10,12,15,20-21H,5,9,11,13-14H2,1-4H3/t20-,21-,24-/m1/s1. The molecule has 2 aliphatic heterocycles. The Hall–Kier alpha value is -2.07. The molecule has 4 rings (SSSR count). The summed E-state index contributed by atoms with van der Waals surface area (Å²) < 4.78 is 17.4. The van der Waals surface area contributed by atoms with E-state index in [2.05, 4.69) is 33.8 Å². The van der Waals surface area contributed by atoms with E-state index in [-0.39, 0.29) is 16.6 Å². The monoisotopic (exact) mass is 382 g/mol. The van der Waals surface area contributed by atoms with Gasteiger partial charge in [0, 0.05) is 17.5 Å². The maximum absolute atomic E-state index is 11.4. The minimum absolute atomic E-state index is 0.0555. The topological polar surface area (TPSA) is 48.7 Å². The number of rotatable bonds is 6. The summed E-state index contributed by atoms with van der Waals surface area (Å²) in [5.41, 5.74) is 1.87. The summed E-state index contributed by atoms with van der Waals surface area (Å²) in [6, 6.07) is 8.77. The number of hydrogen-bond donors (Lipinski definition) is 0. The molecular weight excluding hydrogens is 352 g/mol. The molecule has 1 aromatic heterocycles. The van der Waals surface area contributed by atoms with Gasteiger partial charge < -0.3 is 13.9 Å². The van der Waals surface area contributed by atoms with E-state index >= 15 is 0 Å². The van der Waals surface area contributed by atoms with Crippen molar-refractivity contribution in [1.29, 1.82) is 0 Å². The summed E-state index contributed by atoms with van der Waals surface area (Å²) in [5.74, 6) is 1.31. The van der Waals surface area contributed by atoms with Gasteiger partial charge in [-0.2, -0.15) is 0 Å². The summed E-state index contributed by atoms with van der Waals surface area (Å²) in [7, 11) is 0. The lowest BCUT2D eigenvalue weighted by molar-refractivity contribution is 0.00469. The highest BCUT2D eigenvalue weighted by atomic mass is 16.5. The first-order valence-electron chi connectivity index (χ1n) is 10.3. The summed E-state index contributed by atoms with van der Waals surface area (Å²) in [5, 5.41) is 0.892. The number of benzene rings is 1. The van der Waals surface area contributed by atoms with Crippen molar-refractivity contribution in [2.45, 2.75) is 65.1 Å². The number of ether oxygens (including phenoxy) is 2. The molecule has 4 nitrogen and oxygen atoms in total. The highest BCUT2D eigenvalue weighted by Crippen LogP contribution is 2.59. The minimum atomic E-state index is -0.346. The SMILES string of the molecule is CC(=CCOc1ccc2ccc(=O)oc2c1)CC[C@@H]1C(C)(C)[C@H]2CC[C@@]1(C)O2. The number of hydrogen-bond acceptors (Lipinski definition) is 4. The summed E-state index contributed by atoms with van der Waals surface area (Å²) in [6.07, 6.45) is 7.18. The van der Waals surface area contributed by atoms with Crippen molar-refractivity contribution in [3.63, 3.8) is 0 Å². The van der Waals surface area contributed by atoms with Gasteiger partial charge in [0.1, 0.15) is 17.9 Å². The second kappa shape index (κ2) is 7.07. The van der Waals surface area contributed by atoms with Crippen LogP contribution >= 0.6 is 0 Å². The lowest BCUT2D eigenvalue weighted by Gasteiger charge is -2.39. The fraction of sp³-hybridized carbons (Fsp3) is 0.542. The Morgan fingerprint density at radius 1 is 1.25 bits per heavy atom. The van der Waals surface area contributed by atoms with Gasteiger partial charge in [-0.25, -0.2) is 4.79 Å². The average molecular weight is 383 g/mol. The molecule has 4 heteroatoms. The molecule has 0 radical (unpaired) electrons. The summed E-state index contributed by atoms with van der Waals surface area (Å²) in [6.45, 7) is 9.72. The molecule has 28 heavy (non-hydrogen) atoms. The van der Waals surface area contributed by atoms with E-state index < -0.39 is 0 Å². The molecule has 2 aromatic rings. The number of allylic oxidation sites excluding steroid dienone is 1. The molecule has 150 valence electrons. The zero-order valence-electron chi connectivity index (χ0n) is 17.3. The van der Waals surface area contributed by atoms with Gasteiger partial charge in [0.25, 0.3) is 0 Å². The molecule has 2 aliphatic rings. The molecule has 2 fully saturated rings. The van der Waals surface area contributed by atoms with Crippen molar-refractivity contribution in [1.82, 2.24) is 0 Å². The minimum Gasteiger partial charge on any atom is -0.489 e. The molecule has 2 saturated heterocycles. The van der Waals surface area contributed by atoms with Crippen molar-refractivity contribution in [2.24, 2.45) is 11.3 Å². The van der Waals surface area contributed by atoms with Crippen molar-refractivity contribution in [2.75, 3.05) is 6.61 Å². The first-order valence-corrected chi connectivity index (χ1v) is 10.3. The molecule has 3 heterocycles. The number of fused-ring (bicyclic) bond motifs is 3. The van der Waals surface area contributed by atoms with Gasteiger partial charge in [-0.1, -0.05) is 19.4 Å². The summed E-state index contributed by atoms with van der Waals surface area (Å²) >= 11 is 0. The van der Waals surface area contributed by atoms with Crippen LogP contribution in [0, 0.1) is 11.3 Å². The van der Waals surface area contributed by atoms with E-state index in [0.29, 0.717) is 30.0 Å². The van der Waals surface area contributed by atoms with Gasteiger partial charge in [0.05, 0.1) is 11.7 Å². The molecular formula is C24H30O4. The third kappa shape index (κ3) is 3.50. The van der Waals surface area contributed by atoms with Crippen molar-refractivity contribution in [3.05, 3.63) is 52.4 Å². The molecule has 0 unspecified atom stereocenters. The predicted molar refractivity (Wildman–Crippen MR) is 111 cm³/mol. The normalized spacial score (nSPS) is 28.8. The van der Waals surface area contributed by atoms with E-state index in [1.54, 1.807) is 12.1 Å². The quantitative estimate of drug-likeness (QED) is 0.489. The van der Waals surface area contributed by atoms with E-state index in [0.717, 1.165) is 18.2 Å². The van der Waals surface area contributed by atoms with Gasteiger partial charge in [0.2, 0.25) is 0 Å². The molecule has 2 bridgehead atoms. The second-order valence-corrected chi connectivity index (χ2v) is 9.19. The van der Waals surface area contributed by atoms with E-state index in [1.807, 2.05) is 12.1 Å². The van der Waals surface area contributed by atoms with Crippen LogP contribution in [0.4, 0.5) is 0 Å². The Bertz CT molecular complexity index is 950. The molecule has 3 atom stereocenters. The Kier molecular flexibility index (Phi) is 4.86. The lowest BCUT2D eigenvalue weighted by Crippen LogP contribution is -2.40. The molecule has 0 N–H and O–H groups in total. The van der Waals surface area contributed by atoms with Crippen molar-refractivity contribution in [3.8, 4) is 5.75 Å². The zero-order chi connectivity index (χ0) is 19.9. The fourth-order valence-electron chi connectivity index (χ4n) is 5.21. The van der Waals surface area contributed by atoms with Gasteiger partial charge in [-0.15, -0.1) is 0 Å². The van der Waals surface area contributed by atoms with E-state index in [1.165, 1.54) is 24.5 Å². The smallest absolute Gasteiger partial charge is 0.336 e. The third-order valence-electron chi connectivity index (χ3n) is 6.88. The van der Waals surface area contributed by atoms with Crippen LogP contribution in [0.25, 0.3) is 11.0 Å². The first kappa shape index (κ1) is 19.3. The van der Waals surface area contributed by atoms with Crippen molar-refractivity contribution >= 4 is 11.0 Å². The van der Waals surface area contributed by atoms with Crippen LogP contribution in [0.3, 0.4) is 0 Å². The van der Waals surface area contributed by atoms with E-state index in [4.69, 9.17) is 13.9 Å². The lowest BCUT2D eigenvalue weighted by atomic mass is 9.62. The van der Waals surface area contributed by atoms with Crippen molar-refractivity contribution < 1.29 is 13.9 Å². The van der Waals surface area contributed by atoms with Crippen LogP contribution in [0.2, 0.25) is 0 Å². The fourth-order valence-corrected chi connectivity index (χ4v) is 5.21. The Morgan fingerprint density at radius 2 is 2.04 bits per heavy atom. The van der Waals surface area contributed by atoms with Crippen LogP contribution < -0.4 is 10.4 Å². The predicted octanol–water partition coefficient (Wildman–Crippen LogP) is 5.49. The molecule has 0 amide bonds. The van der Waals surface area contributed by atoms with Crippen LogP contribution in [-0.2, 0) is 4.74 Å². The van der Waals surface area contributed by atoms with Crippen LogP contribution in [0.1, 0.15) is 53.4 Å². The third-order valence-corrected chi connectivity index (χ3v) is 6.88. The highest BCUT2D eigenvalue weighted by molar-refractivity contribution is 5.77. The largest absolute Gasteiger partial charge is 0.489 e. The Morgan fingerprint density at radius 3 is 2.79 bits per heavy atom. The van der Waals surface area contributed by atoms with Crippen LogP contribution in [0.5, 0.6) is 5.75 Å². The van der Waals surface area contributed by atoms with Gasteiger partial charge in [-0.3, -0.25) is 0 Å². The maximum Gasteiger partial charge on any atom is 0.336 e. The van der Waals surface area contributed by atoms with E-state index in [9.17, 15) is 4.79 Å². The molecule has 1 aromatic carbocycles. The van der Waals surface area contributed by atoms with Crippen LogP contribution in [0.15, 0.2) is 51.2 Å². The molecule has 0 spiro atoms. The Balaban J connectivity index is 1.33. The maximum atomic E-state index is 11.4. The molecule has 0 saturated carbocycles.